The SMILES string of the molecule is CCC[C@H](NC(=O)[C@@H]1CCCN1C(=O)[C@@H](NC(=O)[C@@H](NC(=O)[C@H](CCC(=O)O)NC(=O)[C@H](CCC(=O)O)NC(C)=O)C(C)C)C(C)C)C(=O)C(=O)NCC(N)=O. The lowest BCUT2D eigenvalue weighted by molar-refractivity contribution is -0.144. The summed E-state index contributed by atoms with van der Waals surface area (Å²) in [5.74, 6) is -11.4. The lowest BCUT2D eigenvalue weighted by Crippen LogP contribution is -2.61. The van der Waals surface area contributed by atoms with Crippen molar-refractivity contribution in [3.63, 3.8) is 0 Å². The maximum absolute atomic E-state index is 14.0. The van der Waals surface area contributed by atoms with Gasteiger partial charge in [0.05, 0.1) is 12.6 Å². The van der Waals surface area contributed by atoms with Gasteiger partial charge in [-0.1, -0.05) is 41.0 Å². The Balaban J connectivity index is 3.22. The van der Waals surface area contributed by atoms with Gasteiger partial charge in [0.2, 0.25) is 47.1 Å². The van der Waals surface area contributed by atoms with Gasteiger partial charge < -0.3 is 52.7 Å². The highest BCUT2D eigenvalue weighted by molar-refractivity contribution is 6.38. The number of nitrogens with one attached hydrogen (secondary N) is 6. The van der Waals surface area contributed by atoms with Crippen molar-refractivity contribution in [3.05, 3.63) is 0 Å². The Labute approximate surface area is 324 Å². The van der Waals surface area contributed by atoms with Gasteiger partial charge in [0.15, 0.2) is 0 Å². The summed E-state index contributed by atoms with van der Waals surface area (Å²) in [6.45, 7) is 8.83. The molecule has 0 aromatic carbocycles. The molecule has 1 aliphatic rings. The summed E-state index contributed by atoms with van der Waals surface area (Å²) in [5, 5.41) is 32.7. The third kappa shape index (κ3) is 16.0. The molecule has 21 nitrogen and oxygen atoms in total. The zero-order valence-corrected chi connectivity index (χ0v) is 32.6. The molecular formula is C35H56N8O13. The number of rotatable bonds is 24. The zero-order valence-electron chi connectivity index (χ0n) is 32.6. The van der Waals surface area contributed by atoms with E-state index in [-0.39, 0.29) is 25.8 Å². The van der Waals surface area contributed by atoms with Gasteiger partial charge in [0.1, 0.15) is 30.2 Å². The minimum absolute atomic E-state index is 0.0870. The number of carbonyl (C=O) groups is 11. The largest absolute Gasteiger partial charge is 0.481 e. The predicted octanol–water partition coefficient (Wildman–Crippen LogP) is -2.57. The normalized spacial score (nSPS) is 16.4. The van der Waals surface area contributed by atoms with Crippen LogP contribution in [0.2, 0.25) is 0 Å². The third-order valence-corrected chi connectivity index (χ3v) is 8.79. The number of ketones is 1. The second-order valence-electron chi connectivity index (χ2n) is 14.2. The van der Waals surface area contributed by atoms with Crippen LogP contribution in [-0.2, 0) is 52.7 Å². The van der Waals surface area contributed by atoms with Gasteiger partial charge in [-0.15, -0.1) is 0 Å². The molecule has 1 fully saturated rings. The van der Waals surface area contributed by atoms with Gasteiger partial charge >= 0.3 is 11.9 Å². The van der Waals surface area contributed by atoms with Gasteiger partial charge in [0.25, 0.3) is 5.91 Å². The van der Waals surface area contributed by atoms with E-state index in [1.54, 1.807) is 34.6 Å². The van der Waals surface area contributed by atoms with Crippen LogP contribution in [0.5, 0.6) is 0 Å². The highest BCUT2D eigenvalue weighted by Crippen LogP contribution is 2.21. The van der Waals surface area contributed by atoms with E-state index in [1.807, 2.05) is 0 Å². The first kappa shape index (κ1) is 48.4. The van der Waals surface area contributed by atoms with Gasteiger partial charge in [-0.25, -0.2) is 0 Å². The number of primary amides is 1. The fraction of sp³-hybridized carbons (Fsp3) is 0.686. The van der Waals surface area contributed by atoms with E-state index in [9.17, 15) is 57.8 Å². The van der Waals surface area contributed by atoms with E-state index in [1.165, 1.54) is 4.90 Å². The van der Waals surface area contributed by atoms with Crippen LogP contribution in [0.1, 0.15) is 92.9 Å². The molecule has 1 aliphatic heterocycles. The molecule has 56 heavy (non-hydrogen) atoms. The Morgan fingerprint density at radius 2 is 1.21 bits per heavy atom. The number of hydrogen-bond donors (Lipinski definition) is 9. The molecule has 1 heterocycles. The molecule has 0 aromatic heterocycles. The van der Waals surface area contributed by atoms with E-state index in [4.69, 9.17) is 10.8 Å². The first-order valence-electron chi connectivity index (χ1n) is 18.4. The van der Waals surface area contributed by atoms with Crippen LogP contribution in [0.15, 0.2) is 0 Å². The number of carboxylic acids is 2. The minimum Gasteiger partial charge on any atom is -0.481 e. The van der Waals surface area contributed by atoms with Gasteiger partial charge in [-0.05, 0) is 43.9 Å². The molecule has 0 unspecified atom stereocenters. The smallest absolute Gasteiger partial charge is 0.303 e. The first-order chi connectivity index (χ1) is 26.1. The molecule has 21 heteroatoms. The van der Waals surface area contributed by atoms with Crippen LogP contribution in [0.3, 0.4) is 0 Å². The van der Waals surface area contributed by atoms with Gasteiger partial charge in [-0.2, -0.15) is 0 Å². The molecular weight excluding hydrogens is 740 g/mol. The second-order valence-corrected chi connectivity index (χ2v) is 14.2. The van der Waals surface area contributed by atoms with E-state index >= 15 is 0 Å². The Morgan fingerprint density at radius 1 is 0.696 bits per heavy atom. The summed E-state index contributed by atoms with van der Waals surface area (Å²) < 4.78 is 0. The molecule has 314 valence electrons. The molecule has 6 atom stereocenters. The van der Waals surface area contributed by atoms with E-state index in [2.05, 4.69) is 31.9 Å². The van der Waals surface area contributed by atoms with Crippen LogP contribution in [-0.4, -0.2) is 129 Å². The Morgan fingerprint density at radius 3 is 1.70 bits per heavy atom. The monoisotopic (exact) mass is 796 g/mol. The number of aliphatic carboxylic acids is 2. The molecule has 0 aliphatic carbocycles. The number of amides is 8. The Kier molecular flexibility index (Phi) is 20.2. The van der Waals surface area contributed by atoms with Crippen molar-refractivity contribution in [1.82, 2.24) is 36.8 Å². The van der Waals surface area contributed by atoms with E-state index in [0.717, 1.165) is 6.92 Å². The highest BCUT2D eigenvalue weighted by Gasteiger charge is 2.41. The summed E-state index contributed by atoms with van der Waals surface area (Å²) in [6, 6.07) is -7.74. The first-order valence-corrected chi connectivity index (χ1v) is 18.4. The molecule has 1 saturated heterocycles. The van der Waals surface area contributed by atoms with Crippen LogP contribution in [0.4, 0.5) is 0 Å². The number of likely N-dealkylation sites (tertiary alicyclic amines) is 1. The highest BCUT2D eigenvalue weighted by atomic mass is 16.4. The van der Waals surface area contributed by atoms with E-state index in [0.29, 0.717) is 12.8 Å². The van der Waals surface area contributed by atoms with Crippen molar-refractivity contribution in [2.75, 3.05) is 13.1 Å². The summed E-state index contributed by atoms with van der Waals surface area (Å²) in [5.41, 5.74) is 5.02. The lowest BCUT2D eigenvalue weighted by atomic mass is 9.98. The molecule has 10 N–H and O–H groups in total. The molecule has 0 bridgehead atoms. The quantitative estimate of drug-likeness (QED) is 0.0455. The number of carbonyl (C=O) groups excluding carboxylic acids is 9. The van der Waals surface area contributed by atoms with Crippen LogP contribution < -0.4 is 37.6 Å². The molecule has 1 rings (SSSR count). The molecule has 0 aromatic rings. The predicted molar refractivity (Wildman–Crippen MR) is 196 cm³/mol. The van der Waals surface area contributed by atoms with E-state index < -0.39 is 139 Å². The average molecular weight is 797 g/mol. The zero-order chi connectivity index (χ0) is 42.9. The number of nitrogens with two attached hydrogens (primary N) is 1. The fourth-order valence-electron chi connectivity index (χ4n) is 5.86. The van der Waals surface area contributed by atoms with Crippen molar-refractivity contribution in [2.24, 2.45) is 17.6 Å². The minimum atomic E-state index is -1.53. The van der Waals surface area contributed by atoms with Crippen molar-refractivity contribution in [3.8, 4) is 0 Å². The van der Waals surface area contributed by atoms with Gasteiger partial charge in [-0.3, -0.25) is 52.7 Å². The second kappa shape index (κ2) is 23.3. The van der Waals surface area contributed by atoms with Crippen LogP contribution in [0, 0.1) is 11.8 Å². The third-order valence-electron chi connectivity index (χ3n) is 8.79. The topological polar surface area (TPSA) is 330 Å². The van der Waals surface area contributed by atoms with Crippen LogP contribution >= 0.6 is 0 Å². The fourth-order valence-corrected chi connectivity index (χ4v) is 5.86. The molecule has 0 radical (unpaired) electrons. The van der Waals surface area contributed by atoms with Gasteiger partial charge in [0, 0.05) is 26.3 Å². The summed E-state index contributed by atoms with van der Waals surface area (Å²) in [4.78, 5) is 139. The van der Waals surface area contributed by atoms with Crippen molar-refractivity contribution < 1.29 is 63.0 Å². The Hall–Kier alpha value is -5.63. The number of nitrogens with zero attached hydrogens (tertiary/aromatic N) is 1. The maximum Gasteiger partial charge on any atom is 0.303 e. The van der Waals surface area contributed by atoms with Crippen molar-refractivity contribution in [1.29, 1.82) is 0 Å². The summed E-state index contributed by atoms with van der Waals surface area (Å²) in [7, 11) is 0. The lowest BCUT2D eigenvalue weighted by Gasteiger charge is -2.33. The number of carboxylic acid groups (broad SMARTS) is 2. The summed E-state index contributed by atoms with van der Waals surface area (Å²) in [6.07, 6.45) is -0.743. The number of hydrogen-bond acceptors (Lipinski definition) is 11. The molecule has 0 saturated carbocycles. The maximum atomic E-state index is 14.0. The molecule has 8 amide bonds. The van der Waals surface area contributed by atoms with Crippen LogP contribution in [0.25, 0.3) is 0 Å². The van der Waals surface area contributed by atoms with Crippen molar-refractivity contribution >= 4 is 65.0 Å². The summed E-state index contributed by atoms with van der Waals surface area (Å²) >= 11 is 0. The van der Waals surface area contributed by atoms with Crippen molar-refractivity contribution in [2.45, 2.75) is 129 Å². The average Bonchev–Trinajstić information content (AvgIpc) is 3.60. The Bertz CT molecular complexity index is 1500. The standard InChI is InChI=1S/C35H56N8O13/c1-7-9-20(29(50)34(55)37-16-24(36)45)39-32(53)23-10-8-15-43(23)35(56)28(18(4)5)42-33(54)27(17(2)3)41-31(52)22(12-14-26(48)49)40-30(51)21(38-19(6)44)11-13-25(46)47/h17-18,20-23,27-28H,7-16H2,1-6H3,(H2,36,45)(H,37,55)(H,38,44)(H,39,53)(H,40,51)(H,41,52)(H,42,54)(H,46,47)(H,48,49)/t20-,21-,22-,23-,27-,28-/m0/s1. The molecule has 0 spiro atoms. The number of Topliss-reactive ketones (excluding diaryl/α,β-unsaturated/α-hetero) is 1.